The van der Waals surface area contributed by atoms with Gasteiger partial charge in [0, 0.05) is 12.5 Å². The lowest BCUT2D eigenvalue weighted by Crippen LogP contribution is -2.35. The van der Waals surface area contributed by atoms with E-state index < -0.39 is 0 Å². The number of hydrogen-bond acceptors (Lipinski definition) is 4. The number of nitrogens with one attached hydrogen (secondary N) is 1. The standard InChI is InChI=1S/C21H24N4OS/c1-24(2)20(16-10-11-27-14-16)13-22-21(26)19-12-18(15-8-9-15)23-25(19)17-6-4-3-5-7-17/h3-7,10-12,14-15,20H,8-9,13H2,1-2H3,(H,22,26)/t20-/m0/s1. The molecule has 5 nitrogen and oxygen atoms in total. The van der Waals surface area contributed by atoms with Gasteiger partial charge in [-0.2, -0.15) is 16.4 Å². The van der Waals surface area contributed by atoms with Crippen LogP contribution < -0.4 is 5.32 Å². The molecule has 3 aromatic rings. The summed E-state index contributed by atoms with van der Waals surface area (Å²) in [4.78, 5) is 15.1. The summed E-state index contributed by atoms with van der Waals surface area (Å²) in [6, 6.07) is 14.1. The summed E-state index contributed by atoms with van der Waals surface area (Å²) in [5, 5.41) is 12.0. The maximum absolute atomic E-state index is 13.0. The molecule has 0 aliphatic heterocycles. The number of likely N-dealkylation sites (N-methyl/N-ethyl adjacent to an activating group) is 1. The van der Waals surface area contributed by atoms with Crippen LogP contribution in [0.2, 0.25) is 0 Å². The smallest absolute Gasteiger partial charge is 0.270 e. The molecule has 1 aliphatic rings. The van der Waals surface area contributed by atoms with Crippen LogP contribution in [0.25, 0.3) is 5.69 Å². The lowest BCUT2D eigenvalue weighted by atomic mass is 10.1. The molecule has 6 heteroatoms. The second kappa shape index (κ2) is 7.66. The van der Waals surface area contributed by atoms with Crippen molar-refractivity contribution >= 4 is 17.2 Å². The topological polar surface area (TPSA) is 50.2 Å². The molecule has 0 unspecified atom stereocenters. The van der Waals surface area contributed by atoms with Gasteiger partial charge in [0.05, 0.1) is 17.4 Å². The van der Waals surface area contributed by atoms with E-state index in [1.165, 1.54) is 5.56 Å². The van der Waals surface area contributed by atoms with Gasteiger partial charge in [-0.1, -0.05) is 18.2 Å². The molecular weight excluding hydrogens is 356 g/mol. The Balaban J connectivity index is 1.56. The SMILES string of the molecule is CN(C)[C@@H](CNC(=O)c1cc(C2CC2)nn1-c1ccccc1)c1ccsc1. The average molecular weight is 381 g/mol. The Kier molecular flexibility index (Phi) is 5.09. The fraction of sp³-hybridized carbons (Fsp3) is 0.333. The highest BCUT2D eigenvalue weighted by molar-refractivity contribution is 7.07. The van der Waals surface area contributed by atoms with Crippen LogP contribution in [0.15, 0.2) is 53.2 Å². The Hall–Kier alpha value is -2.44. The summed E-state index contributed by atoms with van der Waals surface area (Å²) in [5.41, 5.74) is 3.76. The van der Waals surface area contributed by atoms with E-state index in [0.717, 1.165) is 24.2 Å². The van der Waals surface area contributed by atoms with E-state index in [2.05, 4.69) is 27.0 Å². The van der Waals surface area contributed by atoms with Crippen molar-refractivity contribution in [2.24, 2.45) is 0 Å². The molecule has 27 heavy (non-hydrogen) atoms. The Morgan fingerprint density at radius 1 is 1.30 bits per heavy atom. The van der Waals surface area contributed by atoms with E-state index in [0.29, 0.717) is 18.2 Å². The van der Waals surface area contributed by atoms with Crippen LogP contribution in [0.1, 0.15) is 46.5 Å². The number of rotatable bonds is 7. The van der Waals surface area contributed by atoms with Crippen LogP contribution >= 0.6 is 11.3 Å². The first-order valence-electron chi connectivity index (χ1n) is 9.25. The largest absolute Gasteiger partial charge is 0.349 e. The minimum absolute atomic E-state index is 0.0830. The number of nitrogens with zero attached hydrogens (tertiary/aromatic N) is 3. The quantitative estimate of drug-likeness (QED) is 0.677. The van der Waals surface area contributed by atoms with Gasteiger partial charge in [0.2, 0.25) is 0 Å². The van der Waals surface area contributed by atoms with Gasteiger partial charge in [0.1, 0.15) is 5.69 Å². The zero-order valence-corrected chi connectivity index (χ0v) is 16.4. The molecule has 1 fully saturated rings. The molecule has 0 saturated heterocycles. The van der Waals surface area contributed by atoms with Crippen LogP contribution in [0.4, 0.5) is 0 Å². The summed E-state index contributed by atoms with van der Waals surface area (Å²) >= 11 is 1.68. The highest BCUT2D eigenvalue weighted by Gasteiger charge is 2.29. The van der Waals surface area contributed by atoms with Crippen molar-refractivity contribution in [3.05, 3.63) is 70.2 Å². The maximum Gasteiger partial charge on any atom is 0.270 e. The summed E-state index contributed by atoms with van der Waals surface area (Å²) in [6.07, 6.45) is 2.32. The van der Waals surface area contributed by atoms with Crippen molar-refractivity contribution < 1.29 is 4.79 Å². The van der Waals surface area contributed by atoms with Crippen LogP contribution in [-0.2, 0) is 0 Å². The highest BCUT2D eigenvalue weighted by Crippen LogP contribution is 2.39. The summed E-state index contributed by atoms with van der Waals surface area (Å²) < 4.78 is 1.78. The Labute approximate surface area is 163 Å². The summed E-state index contributed by atoms with van der Waals surface area (Å²) in [6.45, 7) is 0.557. The Morgan fingerprint density at radius 2 is 2.07 bits per heavy atom. The fourth-order valence-corrected chi connectivity index (χ4v) is 3.96. The number of hydrogen-bond donors (Lipinski definition) is 1. The number of carbonyl (C=O) groups is 1. The van der Waals surface area contributed by atoms with Gasteiger partial charge in [-0.3, -0.25) is 4.79 Å². The number of amides is 1. The van der Waals surface area contributed by atoms with E-state index in [1.807, 2.05) is 50.5 Å². The molecule has 0 spiro atoms. The predicted molar refractivity (Wildman–Crippen MR) is 109 cm³/mol. The molecule has 4 rings (SSSR count). The van der Waals surface area contributed by atoms with Crippen LogP contribution in [-0.4, -0.2) is 41.2 Å². The van der Waals surface area contributed by atoms with Gasteiger partial charge < -0.3 is 10.2 Å². The molecular formula is C21H24N4OS. The molecule has 1 saturated carbocycles. The predicted octanol–water partition coefficient (Wildman–Crippen LogP) is 3.84. The molecule has 2 aromatic heterocycles. The lowest BCUT2D eigenvalue weighted by molar-refractivity contribution is 0.0934. The van der Waals surface area contributed by atoms with Crippen molar-refractivity contribution in [3.8, 4) is 5.69 Å². The first kappa shape index (κ1) is 17.9. The normalized spacial score (nSPS) is 15.1. The summed E-state index contributed by atoms with van der Waals surface area (Å²) in [7, 11) is 4.07. The minimum Gasteiger partial charge on any atom is -0.349 e. The van der Waals surface area contributed by atoms with Gasteiger partial charge in [0.15, 0.2) is 0 Å². The second-order valence-electron chi connectivity index (χ2n) is 7.22. The third-order valence-electron chi connectivity index (χ3n) is 4.96. The fourth-order valence-electron chi connectivity index (χ4n) is 3.25. The minimum atomic E-state index is -0.0830. The van der Waals surface area contributed by atoms with Gasteiger partial charge >= 0.3 is 0 Å². The molecule has 1 N–H and O–H groups in total. The number of carbonyl (C=O) groups excluding carboxylic acids is 1. The molecule has 0 radical (unpaired) electrons. The van der Waals surface area contributed by atoms with Crippen molar-refractivity contribution in [1.29, 1.82) is 0 Å². The molecule has 0 bridgehead atoms. The number of aromatic nitrogens is 2. The molecule has 1 aromatic carbocycles. The lowest BCUT2D eigenvalue weighted by Gasteiger charge is -2.24. The van der Waals surface area contributed by atoms with E-state index in [-0.39, 0.29) is 11.9 Å². The number of para-hydroxylation sites is 1. The zero-order chi connectivity index (χ0) is 18.8. The number of benzene rings is 1. The molecule has 1 aliphatic carbocycles. The Bertz CT molecular complexity index is 898. The van der Waals surface area contributed by atoms with Crippen molar-refractivity contribution in [2.75, 3.05) is 20.6 Å². The number of thiophene rings is 1. The van der Waals surface area contributed by atoms with Gasteiger partial charge in [0.25, 0.3) is 5.91 Å². The van der Waals surface area contributed by atoms with Crippen LogP contribution in [0, 0.1) is 0 Å². The van der Waals surface area contributed by atoms with E-state index in [9.17, 15) is 4.79 Å². The maximum atomic E-state index is 13.0. The second-order valence-corrected chi connectivity index (χ2v) is 8.00. The van der Waals surface area contributed by atoms with E-state index in [1.54, 1.807) is 16.0 Å². The van der Waals surface area contributed by atoms with Crippen molar-refractivity contribution in [1.82, 2.24) is 20.0 Å². The van der Waals surface area contributed by atoms with Gasteiger partial charge in [-0.05, 0) is 67.5 Å². The molecule has 1 atom stereocenters. The van der Waals surface area contributed by atoms with E-state index in [4.69, 9.17) is 5.10 Å². The van der Waals surface area contributed by atoms with Gasteiger partial charge in [-0.25, -0.2) is 4.68 Å². The van der Waals surface area contributed by atoms with Crippen molar-refractivity contribution in [2.45, 2.75) is 24.8 Å². The van der Waals surface area contributed by atoms with E-state index >= 15 is 0 Å². The first-order valence-corrected chi connectivity index (χ1v) is 10.2. The van der Waals surface area contributed by atoms with Crippen LogP contribution in [0.5, 0.6) is 0 Å². The molecule has 2 heterocycles. The van der Waals surface area contributed by atoms with Gasteiger partial charge in [-0.15, -0.1) is 0 Å². The average Bonchev–Trinajstić information content (AvgIpc) is 3.20. The monoisotopic (exact) mass is 380 g/mol. The highest BCUT2D eigenvalue weighted by atomic mass is 32.1. The molecule has 1 amide bonds. The zero-order valence-electron chi connectivity index (χ0n) is 15.6. The third kappa shape index (κ3) is 3.96. The third-order valence-corrected chi connectivity index (χ3v) is 5.67. The Morgan fingerprint density at radius 3 is 2.70 bits per heavy atom. The molecule has 140 valence electrons. The first-order chi connectivity index (χ1) is 13.1. The van der Waals surface area contributed by atoms with Crippen LogP contribution in [0.3, 0.4) is 0 Å². The summed E-state index contributed by atoms with van der Waals surface area (Å²) in [5.74, 6) is 0.419. The van der Waals surface area contributed by atoms with Crippen molar-refractivity contribution in [3.63, 3.8) is 0 Å².